The van der Waals surface area contributed by atoms with E-state index in [1.165, 1.54) is 11.3 Å². The molecule has 8 heteroatoms. The van der Waals surface area contributed by atoms with Crippen LogP contribution in [0.5, 0.6) is 0 Å². The number of hydrogen-bond donors (Lipinski definition) is 3. The number of nitrogens with one attached hydrogen (secondary N) is 1. The molecule has 5 rings (SSSR count). The molecule has 1 aromatic carbocycles. The maximum Gasteiger partial charge on any atom is 0.137 e. The molecule has 2 aromatic heterocycles. The lowest BCUT2D eigenvalue weighted by atomic mass is 10.2. The molecule has 0 aliphatic carbocycles. The Kier molecular flexibility index (Phi) is 6.82. The first-order valence-electron chi connectivity index (χ1n) is 10.9. The number of aliphatic hydroxyl groups excluding tert-OH is 2. The van der Waals surface area contributed by atoms with E-state index < -0.39 is 12.2 Å². The van der Waals surface area contributed by atoms with E-state index in [1.54, 1.807) is 13.8 Å². The largest absolute Gasteiger partial charge is 0.385 e. The van der Waals surface area contributed by atoms with E-state index in [0.29, 0.717) is 0 Å². The van der Waals surface area contributed by atoms with Gasteiger partial charge in [-0.25, -0.2) is 9.97 Å². The predicted molar refractivity (Wildman–Crippen MR) is 118 cm³/mol. The highest BCUT2D eigenvalue weighted by molar-refractivity contribution is 5.16. The van der Waals surface area contributed by atoms with Crippen LogP contribution >= 0.6 is 0 Å². The number of fused-ring (bicyclic) bond motifs is 2. The van der Waals surface area contributed by atoms with E-state index >= 15 is 0 Å². The van der Waals surface area contributed by atoms with Crippen molar-refractivity contribution in [3.8, 4) is 0 Å². The van der Waals surface area contributed by atoms with Gasteiger partial charge in [-0.05, 0) is 19.4 Å². The molecule has 3 aromatic rings. The molecule has 2 aliphatic heterocycles. The van der Waals surface area contributed by atoms with Crippen molar-refractivity contribution in [2.75, 3.05) is 13.1 Å². The maximum absolute atomic E-state index is 9.67. The van der Waals surface area contributed by atoms with Gasteiger partial charge in [0, 0.05) is 58.2 Å². The van der Waals surface area contributed by atoms with Gasteiger partial charge in [-0.15, -0.1) is 0 Å². The summed E-state index contributed by atoms with van der Waals surface area (Å²) in [7, 11) is 0. The molecule has 0 fully saturated rings. The smallest absolute Gasteiger partial charge is 0.137 e. The number of nitrogens with zero attached hydrogens (tertiary/aromatic N) is 5. The van der Waals surface area contributed by atoms with Gasteiger partial charge in [-0.1, -0.05) is 30.3 Å². The van der Waals surface area contributed by atoms with Crippen LogP contribution in [0.15, 0.2) is 42.7 Å². The van der Waals surface area contributed by atoms with E-state index in [4.69, 9.17) is 0 Å². The third-order valence-electron chi connectivity index (χ3n) is 5.78. The minimum absolute atomic E-state index is 0.461. The second kappa shape index (κ2) is 9.74. The first-order valence-corrected chi connectivity index (χ1v) is 10.9. The molecule has 0 bridgehead atoms. The summed E-state index contributed by atoms with van der Waals surface area (Å²) in [6.45, 7) is 10.0. The number of imidazole rings is 2. The maximum atomic E-state index is 9.67. The predicted octanol–water partition coefficient (Wildman–Crippen LogP) is 1.99. The van der Waals surface area contributed by atoms with Gasteiger partial charge in [-0.3, -0.25) is 4.90 Å². The van der Waals surface area contributed by atoms with Crippen molar-refractivity contribution in [3.05, 3.63) is 71.3 Å². The second-order valence-electron chi connectivity index (χ2n) is 8.24. The minimum atomic E-state index is -0.491. The summed E-state index contributed by atoms with van der Waals surface area (Å²) in [6, 6.07) is 10.5. The number of hydrogen-bond acceptors (Lipinski definition) is 6. The van der Waals surface area contributed by atoms with Crippen molar-refractivity contribution < 1.29 is 10.2 Å². The Bertz CT molecular complexity index is 979. The summed E-state index contributed by atoms with van der Waals surface area (Å²) in [5, 5.41) is 22.3. The van der Waals surface area contributed by atoms with Crippen LogP contribution in [0.25, 0.3) is 0 Å². The fourth-order valence-electron chi connectivity index (χ4n) is 4.24. The Morgan fingerprint density at radius 3 is 2.23 bits per heavy atom. The molecular formula is C23H32N6O2. The Labute approximate surface area is 183 Å². The Morgan fingerprint density at radius 2 is 1.55 bits per heavy atom. The fourth-order valence-corrected chi connectivity index (χ4v) is 4.24. The zero-order valence-corrected chi connectivity index (χ0v) is 18.3. The van der Waals surface area contributed by atoms with E-state index in [0.717, 1.165) is 63.2 Å². The molecule has 31 heavy (non-hydrogen) atoms. The van der Waals surface area contributed by atoms with Gasteiger partial charge in [0.1, 0.15) is 23.9 Å². The van der Waals surface area contributed by atoms with Crippen molar-refractivity contribution in [2.24, 2.45) is 0 Å². The van der Waals surface area contributed by atoms with Gasteiger partial charge in [0.05, 0.1) is 11.4 Å². The minimum Gasteiger partial charge on any atom is -0.385 e. The molecule has 0 amide bonds. The zero-order chi connectivity index (χ0) is 21.8. The highest BCUT2D eigenvalue weighted by Crippen LogP contribution is 2.20. The highest BCUT2D eigenvalue weighted by atomic mass is 16.3. The molecule has 8 nitrogen and oxygen atoms in total. The highest BCUT2D eigenvalue weighted by Gasteiger charge is 2.21. The van der Waals surface area contributed by atoms with Crippen LogP contribution in [-0.2, 0) is 32.7 Å². The molecule has 3 N–H and O–H groups in total. The van der Waals surface area contributed by atoms with Crippen molar-refractivity contribution in [1.29, 1.82) is 0 Å². The molecule has 0 saturated carbocycles. The molecule has 0 spiro atoms. The quantitative estimate of drug-likeness (QED) is 0.593. The van der Waals surface area contributed by atoms with E-state index in [2.05, 4.69) is 53.6 Å². The van der Waals surface area contributed by atoms with E-state index in [1.807, 2.05) is 18.5 Å². The average Bonchev–Trinajstić information content (AvgIpc) is 3.39. The van der Waals surface area contributed by atoms with E-state index in [-0.39, 0.29) is 0 Å². The number of aromatic nitrogens is 4. The third kappa shape index (κ3) is 5.04. The Morgan fingerprint density at radius 1 is 0.903 bits per heavy atom. The van der Waals surface area contributed by atoms with Gasteiger partial charge in [0.2, 0.25) is 0 Å². The van der Waals surface area contributed by atoms with Crippen LogP contribution in [0.3, 0.4) is 0 Å². The van der Waals surface area contributed by atoms with Crippen LogP contribution < -0.4 is 5.32 Å². The fraction of sp³-hybridized carbons (Fsp3) is 0.478. The van der Waals surface area contributed by atoms with Gasteiger partial charge in [0.25, 0.3) is 0 Å². The Hall–Kier alpha value is -2.52. The van der Waals surface area contributed by atoms with Gasteiger partial charge in [-0.2, -0.15) is 0 Å². The van der Waals surface area contributed by atoms with Gasteiger partial charge in [0.15, 0.2) is 0 Å². The lowest BCUT2D eigenvalue weighted by Crippen LogP contribution is -2.33. The number of benzene rings is 1. The molecule has 0 radical (unpaired) electrons. The topological polar surface area (TPSA) is 91.4 Å². The third-order valence-corrected chi connectivity index (χ3v) is 5.78. The lowest BCUT2D eigenvalue weighted by Gasteiger charge is -2.29. The summed E-state index contributed by atoms with van der Waals surface area (Å²) in [6.07, 6.45) is 2.76. The van der Waals surface area contributed by atoms with Crippen molar-refractivity contribution in [1.82, 2.24) is 29.3 Å². The summed E-state index contributed by atoms with van der Waals surface area (Å²) in [5.41, 5.74) is 3.70. The first-order chi connectivity index (χ1) is 15.0. The molecule has 166 valence electrons. The van der Waals surface area contributed by atoms with Crippen molar-refractivity contribution >= 4 is 0 Å². The molecule has 4 heterocycles. The normalized spacial score (nSPS) is 17.8. The van der Waals surface area contributed by atoms with Crippen molar-refractivity contribution in [3.63, 3.8) is 0 Å². The van der Waals surface area contributed by atoms with Crippen LogP contribution in [0, 0.1) is 0 Å². The molecule has 2 atom stereocenters. The molecular weight excluding hydrogens is 392 g/mol. The SMILES string of the molecule is CC(O)c1ncc2n1CCN(Cc1ccccc1)C2.CC(O)c1ncc2n1CCNC2. The van der Waals surface area contributed by atoms with Crippen LogP contribution in [0.4, 0.5) is 0 Å². The van der Waals surface area contributed by atoms with Gasteiger partial charge < -0.3 is 24.7 Å². The summed E-state index contributed by atoms with van der Waals surface area (Å²) in [5.74, 6) is 1.57. The van der Waals surface area contributed by atoms with Crippen LogP contribution in [-0.4, -0.2) is 47.3 Å². The zero-order valence-electron chi connectivity index (χ0n) is 18.3. The Balaban J connectivity index is 0.000000166. The molecule has 0 saturated heterocycles. The second-order valence-corrected chi connectivity index (χ2v) is 8.24. The first kappa shape index (κ1) is 21.7. The monoisotopic (exact) mass is 424 g/mol. The standard InChI is InChI=1S/C15H19N3O.C8H13N3O/c1-12(19)15-16-9-14-11-17(7-8-18(14)15)10-13-5-3-2-4-6-13;1-6(12)8-10-5-7-4-9-2-3-11(7)8/h2-6,9,12,19H,7-8,10-11H2,1H3;5-6,9,12H,2-4H2,1H3. The summed E-state index contributed by atoms with van der Waals surface area (Å²) < 4.78 is 4.23. The summed E-state index contributed by atoms with van der Waals surface area (Å²) in [4.78, 5) is 10.9. The summed E-state index contributed by atoms with van der Waals surface area (Å²) >= 11 is 0. The number of aliphatic hydroxyl groups is 2. The average molecular weight is 425 g/mol. The van der Waals surface area contributed by atoms with E-state index in [9.17, 15) is 10.2 Å². The van der Waals surface area contributed by atoms with Crippen LogP contribution in [0.1, 0.15) is 54.7 Å². The van der Waals surface area contributed by atoms with Crippen molar-refractivity contribution in [2.45, 2.75) is 58.8 Å². The molecule has 2 unspecified atom stereocenters. The lowest BCUT2D eigenvalue weighted by molar-refractivity contribution is 0.168. The van der Waals surface area contributed by atoms with Crippen LogP contribution in [0.2, 0.25) is 0 Å². The number of rotatable bonds is 4. The van der Waals surface area contributed by atoms with Gasteiger partial charge >= 0.3 is 0 Å². The molecule has 2 aliphatic rings.